The molecule has 0 aliphatic rings. The second-order valence-electron chi connectivity index (χ2n) is 4.92. The van der Waals surface area contributed by atoms with Crippen LogP contribution in [0.3, 0.4) is 0 Å². The van der Waals surface area contributed by atoms with E-state index in [4.69, 9.17) is 32.4 Å². The fourth-order valence-corrected chi connectivity index (χ4v) is 2.72. The van der Waals surface area contributed by atoms with Crippen LogP contribution < -0.4 is 10.1 Å². The molecule has 0 unspecified atom stereocenters. The predicted octanol–water partition coefficient (Wildman–Crippen LogP) is 4.35. The Kier molecular flexibility index (Phi) is 4.59. The van der Waals surface area contributed by atoms with Gasteiger partial charge in [0.25, 0.3) is 5.91 Å². The molecule has 1 N–H and O–H groups in total. The lowest BCUT2D eigenvalue weighted by Gasteiger charge is -2.09. The molecule has 0 aromatic carbocycles. The van der Waals surface area contributed by atoms with Gasteiger partial charge < -0.3 is 14.5 Å². The van der Waals surface area contributed by atoms with Crippen LogP contribution in [0.4, 0.5) is 5.69 Å². The number of aryl methyl sites for hydroxylation is 1. The molecular formula is C16H13Cl2N3O3. The number of carbonyl (C=O) groups is 1. The smallest absolute Gasteiger partial charge is 0.275 e. The predicted molar refractivity (Wildman–Crippen MR) is 92.1 cm³/mol. The first-order chi connectivity index (χ1) is 11.5. The molecule has 0 fully saturated rings. The molecule has 8 heteroatoms. The lowest BCUT2D eigenvalue weighted by atomic mass is 10.2. The topological polar surface area (TPSA) is 77.2 Å². The monoisotopic (exact) mass is 365 g/mol. The van der Waals surface area contributed by atoms with E-state index in [2.05, 4.69) is 15.3 Å². The lowest BCUT2D eigenvalue weighted by Crippen LogP contribution is -2.15. The summed E-state index contributed by atoms with van der Waals surface area (Å²) in [7, 11) is 1.51. The molecule has 3 heterocycles. The van der Waals surface area contributed by atoms with Crippen molar-refractivity contribution in [2.75, 3.05) is 12.4 Å². The Morgan fingerprint density at radius 2 is 2.00 bits per heavy atom. The van der Waals surface area contributed by atoms with Crippen molar-refractivity contribution >= 4 is 45.8 Å². The number of carbonyl (C=O) groups excluding carboxylic acids is 1. The fourth-order valence-electron chi connectivity index (χ4n) is 2.26. The molecule has 3 rings (SSSR count). The van der Waals surface area contributed by atoms with Crippen molar-refractivity contribution in [3.05, 3.63) is 46.2 Å². The molecule has 0 radical (unpaired) electrons. The number of ether oxygens (including phenoxy) is 1. The third kappa shape index (κ3) is 2.90. The maximum atomic E-state index is 12.6. The second-order valence-corrected chi connectivity index (χ2v) is 5.73. The van der Waals surface area contributed by atoms with Crippen molar-refractivity contribution in [2.45, 2.75) is 13.3 Å². The van der Waals surface area contributed by atoms with E-state index in [0.29, 0.717) is 23.1 Å². The first-order valence-corrected chi connectivity index (χ1v) is 7.86. The van der Waals surface area contributed by atoms with Crippen LogP contribution in [0.5, 0.6) is 5.75 Å². The summed E-state index contributed by atoms with van der Waals surface area (Å²) in [5.41, 5.74) is 0.947. The standard InChI is InChI=1S/C16H13Cl2N3O3/c1-3-8-4-9-13(20-7-12(23-2)15(9)24-8)16(22)21-14-10(17)5-19-6-11(14)18/h4-7H,3H2,1-2H3,(H,19,21,22). The molecule has 0 bridgehead atoms. The Labute approximate surface area is 147 Å². The molecule has 3 aromatic rings. The van der Waals surface area contributed by atoms with Crippen LogP contribution in [0, 0.1) is 0 Å². The summed E-state index contributed by atoms with van der Waals surface area (Å²) in [4.78, 5) is 20.7. The molecular weight excluding hydrogens is 353 g/mol. The maximum absolute atomic E-state index is 12.6. The SMILES string of the molecule is CCc1cc2c(C(=O)Nc3c(Cl)cncc3Cl)ncc(OC)c2o1. The van der Waals surface area contributed by atoms with Gasteiger partial charge >= 0.3 is 0 Å². The average molecular weight is 366 g/mol. The Morgan fingerprint density at radius 3 is 2.62 bits per heavy atom. The van der Waals surface area contributed by atoms with Gasteiger partial charge in [0.15, 0.2) is 11.3 Å². The second kappa shape index (κ2) is 6.67. The van der Waals surface area contributed by atoms with Gasteiger partial charge in [-0.25, -0.2) is 4.98 Å². The zero-order valence-electron chi connectivity index (χ0n) is 12.9. The van der Waals surface area contributed by atoms with E-state index in [1.807, 2.05) is 6.92 Å². The quantitative estimate of drug-likeness (QED) is 0.743. The summed E-state index contributed by atoms with van der Waals surface area (Å²) in [6.45, 7) is 1.95. The van der Waals surface area contributed by atoms with Crippen molar-refractivity contribution in [1.82, 2.24) is 9.97 Å². The zero-order valence-corrected chi connectivity index (χ0v) is 14.4. The summed E-state index contributed by atoms with van der Waals surface area (Å²) >= 11 is 12.1. The molecule has 3 aromatic heterocycles. The summed E-state index contributed by atoms with van der Waals surface area (Å²) in [6, 6.07) is 1.77. The molecule has 0 aliphatic carbocycles. The van der Waals surface area contributed by atoms with Gasteiger partial charge in [-0.2, -0.15) is 0 Å². The highest BCUT2D eigenvalue weighted by Crippen LogP contribution is 2.32. The molecule has 124 valence electrons. The van der Waals surface area contributed by atoms with Gasteiger partial charge in [-0.15, -0.1) is 0 Å². The number of aromatic nitrogens is 2. The number of furan rings is 1. The Morgan fingerprint density at radius 1 is 1.29 bits per heavy atom. The Hall–Kier alpha value is -2.31. The zero-order chi connectivity index (χ0) is 17.3. The molecule has 24 heavy (non-hydrogen) atoms. The molecule has 0 atom stereocenters. The molecule has 6 nitrogen and oxygen atoms in total. The van der Waals surface area contributed by atoms with Crippen LogP contribution in [0.1, 0.15) is 23.2 Å². The van der Waals surface area contributed by atoms with Gasteiger partial charge in [0, 0.05) is 18.8 Å². The van der Waals surface area contributed by atoms with E-state index in [1.54, 1.807) is 6.07 Å². The van der Waals surface area contributed by atoms with Gasteiger partial charge in [0.1, 0.15) is 11.5 Å². The largest absolute Gasteiger partial charge is 0.491 e. The van der Waals surface area contributed by atoms with Crippen LogP contribution >= 0.6 is 23.2 Å². The van der Waals surface area contributed by atoms with Gasteiger partial charge in [-0.3, -0.25) is 9.78 Å². The first kappa shape index (κ1) is 16.5. The minimum atomic E-state index is -0.457. The van der Waals surface area contributed by atoms with Gasteiger partial charge in [-0.05, 0) is 6.07 Å². The minimum absolute atomic E-state index is 0.193. The number of amides is 1. The number of hydrogen-bond donors (Lipinski definition) is 1. The number of pyridine rings is 2. The minimum Gasteiger partial charge on any atom is -0.491 e. The number of rotatable bonds is 4. The number of nitrogens with one attached hydrogen (secondary N) is 1. The summed E-state index contributed by atoms with van der Waals surface area (Å²) in [6.07, 6.45) is 4.91. The number of fused-ring (bicyclic) bond motifs is 1. The van der Waals surface area contributed by atoms with E-state index >= 15 is 0 Å². The lowest BCUT2D eigenvalue weighted by molar-refractivity contribution is 0.102. The van der Waals surface area contributed by atoms with E-state index in [-0.39, 0.29) is 21.4 Å². The first-order valence-electron chi connectivity index (χ1n) is 7.10. The van der Waals surface area contributed by atoms with Crippen molar-refractivity contribution in [2.24, 2.45) is 0 Å². The highest BCUT2D eigenvalue weighted by molar-refractivity contribution is 6.39. The van der Waals surface area contributed by atoms with E-state index in [1.165, 1.54) is 25.7 Å². The van der Waals surface area contributed by atoms with Crippen LogP contribution in [0.2, 0.25) is 10.0 Å². The molecule has 0 saturated heterocycles. The Bertz CT molecular complexity index is 904. The number of nitrogens with zero attached hydrogens (tertiary/aromatic N) is 2. The normalized spacial score (nSPS) is 10.8. The molecule has 0 spiro atoms. The highest BCUT2D eigenvalue weighted by atomic mass is 35.5. The average Bonchev–Trinajstić information content (AvgIpc) is 3.01. The molecule has 1 amide bonds. The van der Waals surface area contributed by atoms with Crippen LogP contribution in [-0.2, 0) is 6.42 Å². The third-order valence-electron chi connectivity index (χ3n) is 3.45. The van der Waals surface area contributed by atoms with Crippen molar-refractivity contribution < 1.29 is 13.9 Å². The van der Waals surface area contributed by atoms with E-state index in [0.717, 1.165) is 5.76 Å². The van der Waals surface area contributed by atoms with E-state index in [9.17, 15) is 4.79 Å². The summed E-state index contributed by atoms with van der Waals surface area (Å²) in [5, 5.41) is 3.70. The van der Waals surface area contributed by atoms with Crippen molar-refractivity contribution in [3.63, 3.8) is 0 Å². The van der Waals surface area contributed by atoms with Gasteiger partial charge in [0.2, 0.25) is 0 Å². The molecule has 0 aliphatic heterocycles. The summed E-state index contributed by atoms with van der Waals surface area (Å²) < 4.78 is 11.0. The van der Waals surface area contributed by atoms with E-state index < -0.39 is 5.91 Å². The van der Waals surface area contributed by atoms with Crippen molar-refractivity contribution in [3.8, 4) is 5.75 Å². The van der Waals surface area contributed by atoms with Crippen molar-refractivity contribution in [1.29, 1.82) is 0 Å². The maximum Gasteiger partial charge on any atom is 0.275 e. The number of halogens is 2. The number of methoxy groups -OCH3 is 1. The van der Waals surface area contributed by atoms with Gasteiger partial charge in [0.05, 0.1) is 34.4 Å². The highest BCUT2D eigenvalue weighted by Gasteiger charge is 2.20. The Balaban J connectivity index is 2.06. The molecule has 0 saturated carbocycles. The number of hydrogen-bond acceptors (Lipinski definition) is 5. The van der Waals surface area contributed by atoms with Crippen LogP contribution in [0.25, 0.3) is 11.0 Å². The van der Waals surface area contributed by atoms with Crippen LogP contribution in [-0.4, -0.2) is 23.0 Å². The summed E-state index contributed by atoms with van der Waals surface area (Å²) in [5.74, 6) is 0.729. The fraction of sp³-hybridized carbons (Fsp3) is 0.188. The third-order valence-corrected chi connectivity index (χ3v) is 4.02. The van der Waals surface area contributed by atoms with Gasteiger partial charge in [-0.1, -0.05) is 30.1 Å². The van der Waals surface area contributed by atoms with Crippen LogP contribution in [0.15, 0.2) is 29.1 Å². The number of anilines is 1.